The Hall–Kier alpha value is -2.35. The lowest BCUT2D eigenvalue weighted by atomic mass is 9.99. The van der Waals surface area contributed by atoms with Gasteiger partial charge in [-0.2, -0.15) is 0 Å². The number of piperidine rings is 1. The molecule has 3 rings (SSSR count). The molecule has 0 aromatic carbocycles. The van der Waals surface area contributed by atoms with Crippen LogP contribution in [-0.2, 0) is 9.53 Å². The van der Waals surface area contributed by atoms with Gasteiger partial charge in [-0.15, -0.1) is 0 Å². The van der Waals surface area contributed by atoms with E-state index in [2.05, 4.69) is 15.2 Å². The number of amides is 2. The van der Waals surface area contributed by atoms with Gasteiger partial charge in [-0.1, -0.05) is 0 Å². The van der Waals surface area contributed by atoms with E-state index >= 15 is 0 Å². The molecule has 1 aromatic heterocycles. The maximum Gasteiger partial charge on any atom is 0.321 e. The molecule has 1 aromatic rings. The average Bonchev–Trinajstić information content (AvgIpc) is 2.63. The van der Waals surface area contributed by atoms with E-state index in [-0.39, 0.29) is 12.6 Å². The second kappa shape index (κ2) is 7.48. The number of hydrogen-bond acceptors (Lipinski definition) is 5. The Morgan fingerprint density at radius 2 is 2.08 bits per heavy atom. The number of hydrogen-bond donors (Lipinski definition) is 2. The van der Waals surface area contributed by atoms with Gasteiger partial charge in [0.25, 0.3) is 0 Å². The first kappa shape index (κ1) is 16.5. The number of anilines is 2. The van der Waals surface area contributed by atoms with Crippen molar-refractivity contribution < 1.29 is 19.4 Å². The number of rotatable bonds is 3. The van der Waals surface area contributed by atoms with Gasteiger partial charge in [0, 0.05) is 32.4 Å². The van der Waals surface area contributed by atoms with Crippen molar-refractivity contribution in [3.05, 3.63) is 18.3 Å². The number of ether oxygens (including phenoxy) is 1. The quantitative estimate of drug-likeness (QED) is 0.864. The van der Waals surface area contributed by atoms with E-state index < -0.39 is 11.9 Å². The molecule has 0 aliphatic carbocycles. The fourth-order valence-corrected chi connectivity index (χ4v) is 3.08. The second-order valence-electron chi connectivity index (χ2n) is 6.03. The smallest absolute Gasteiger partial charge is 0.321 e. The largest absolute Gasteiger partial charge is 0.481 e. The highest BCUT2D eigenvalue weighted by Crippen LogP contribution is 2.25. The molecule has 0 spiro atoms. The minimum absolute atomic E-state index is 0.244. The number of carbonyl (C=O) groups excluding carboxylic acids is 1. The number of carbonyl (C=O) groups is 2. The summed E-state index contributed by atoms with van der Waals surface area (Å²) in [4.78, 5) is 31.7. The van der Waals surface area contributed by atoms with Gasteiger partial charge in [0.2, 0.25) is 0 Å². The predicted octanol–water partition coefficient (Wildman–Crippen LogP) is 1.25. The van der Waals surface area contributed by atoms with Crippen LogP contribution in [0.3, 0.4) is 0 Å². The molecule has 24 heavy (non-hydrogen) atoms. The van der Waals surface area contributed by atoms with Crippen molar-refractivity contribution in [2.75, 3.05) is 49.6 Å². The highest BCUT2D eigenvalue weighted by molar-refractivity contribution is 5.92. The summed E-state index contributed by atoms with van der Waals surface area (Å²) >= 11 is 0. The van der Waals surface area contributed by atoms with Crippen molar-refractivity contribution >= 4 is 23.5 Å². The third-order valence-electron chi connectivity index (χ3n) is 4.40. The van der Waals surface area contributed by atoms with Crippen LogP contribution in [0.4, 0.5) is 16.3 Å². The second-order valence-corrected chi connectivity index (χ2v) is 6.03. The third-order valence-corrected chi connectivity index (χ3v) is 4.40. The molecule has 1 unspecified atom stereocenters. The molecule has 2 saturated heterocycles. The number of urea groups is 1. The molecule has 0 saturated carbocycles. The minimum Gasteiger partial charge on any atom is -0.481 e. The summed E-state index contributed by atoms with van der Waals surface area (Å²) < 4.78 is 5.35. The lowest BCUT2D eigenvalue weighted by Crippen LogP contribution is -2.44. The average molecular weight is 334 g/mol. The highest BCUT2D eigenvalue weighted by Gasteiger charge is 2.28. The Morgan fingerprint density at radius 1 is 1.29 bits per heavy atom. The predicted molar refractivity (Wildman–Crippen MR) is 88.2 cm³/mol. The van der Waals surface area contributed by atoms with Gasteiger partial charge in [0.05, 0.1) is 24.8 Å². The fourth-order valence-electron chi connectivity index (χ4n) is 3.08. The van der Waals surface area contributed by atoms with Crippen LogP contribution in [-0.4, -0.2) is 66.4 Å². The SMILES string of the molecule is O=C(O)C1CCCN(C(=O)Nc2cccnc2N2CCOCC2)C1. The number of morpholine rings is 1. The van der Waals surface area contributed by atoms with Crippen LogP contribution in [0, 0.1) is 5.92 Å². The number of carboxylic acid groups (broad SMARTS) is 1. The maximum atomic E-state index is 12.5. The zero-order chi connectivity index (χ0) is 16.9. The van der Waals surface area contributed by atoms with Crippen molar-refractivity contribution in [1.82, 2.24) is 9.88 Å². The highest BCUT2D eigenvalue weighted by atomic mass is 16.5. The maximum absolute atomic E-state index is 12.5. The Morgan fingerprint density at radius 3 is 2.83 bits per heavy atom. The summed E-state index contributed by atoms with van der Waals surface area (Å²) in [6.07, 6.45) is 3.01. The molecule has 2 N–H and O–H groups in total. The van der Waals surface area contributed by atoms with Gasteiger partial charge < -0.3 is 25.0 Å². The summed E-state index contributed by atoms with van der Waals surface area (Å²) in [6.45, 7) is 3.54. The molecule has 2 aliphatic rings. The third kappa shape index (κ3) is 3.76. The summed E-state index contributed by atoms with van der Waals surface area (Å²) in [6, 6.07) is 3.31. The van der Waals surface area contributed by atoms with Crippen LogP contribution in [0.15, 0.2) is 18.3 Å². The van der Waals surface area contributed by atoms with Gasteiger partial charge in [-0.3, -0.25) is 4.79 Å². The van der Waals surface area contributed by atoms with Crippen LogP contribution < -0.4 is 10.2 Å². The van der Waals surface area contributed by atoms with Gasteiger partial charge in [0.15, 0.2) is 5.82 Å². The van der Waals surface area contributed by atoms with Crippen LogP contribution in [0.25, 0.3) is 0 Å². The first-order valence-electron chi connectivity index (χ1n) is 8.21. The Kier molecular flexibility index (Phi) is 5.14. The monoisotopic (exact) mass is 334 g/mol. The normalized spacial score (nSPS) is 21.4. The van der Waals surface area contributed by atoms with Gasteiger partial charge in [-0.25, -0.2) is 9.78 Å². The van der Waals surface area contributed by atoms with E-state index in [1.165, 1.54) is 0 Å². The van der Waals surface area contributed by atoms with Crippen molar-refractivity contribution in [2.45, 2.75) is 12.8 Å². The molecule has 0 bridgehead atoms. The van der Waals surface area contributed by atoms with Crippen molar-refractivity contribution in [3.8, 4) is 0 Å². The molecule has 2 aliphatic heterocycles. The number of nitrogens with one attached hydrogen (secondary N) is 1. The van der Waals surface area contributed by atoms with Crippen LogP contribution in [0.2, 0.25) is 0 Å². The Labute approximate surface area is 140 Å². The fraction of sp³-hybridized carbons (Fsp3) is 0.562. The molecule has 130 valence electrons. The van der Waals surface area contributed by atoms with Crippen molar-refractivity contribution in [1.29, 1.82) is 0 Å². The van der Waals surface area contributed by atoms with E-state index in [4.69, 9.17) is 9.84 Å². The van der Waals surface area contributed by atoms with Crippen LogP contribution in [0.5, 0.6) is 0 Å². The molecule has 2 amide bonds. The summed E-state index contributed by atoms with van der Waals surface area (Å²) in [5, 5.41) is 12.0. The molecule has 3 heterocycles. The summed E-state index contributed by atoms with van der Waals surface area (Å²) in [7, 11) is 0. The van der Waals surface area contributed by atoms with Gasteiger partial charge >= 0.3 is 12.0 Å². The van der Waals surface area contributed by atoms with Crippen LogP contribution in [0.1, 0.15) is 12.8 Å². The van der Waals surface area contributed by atoms with E-state index in [1.54, 1.807) is 17.2 Å². The molecule has 1 atom stereocenters. The molecule has 8 nitrogen and oxygen atoms in total. The molecule has 0 radical (unpaired) electrons. The molecular weight excluding hydrogens is 312 g/mol. The number of aliphatic carboxylic acids is 1. The van der Waals surface area contributed by atoms with Gasteiger partial charge in [0.1, 0.15) is 0 Å². The summed E-state index contributed by atoms with van der Waals surface area (Å²) in [5.74, 6) is -0.610. The topological polar surface area (TPSA) is 95.0 Å². The van der Waals surface area contributed by atoms with E-state index in [9.17, 15) is 9.59 Å². The lowest BCUT2D eigenvalue weighted by molar-refractivity contribution is -0.143. The standard InChI is InChI=1S/C16H22N4O4/c21-15(22)12-3-2-6-20(11-12)16(23)18-13-4-1-5-17-14(13)19-7-9-24-10-8-19/h1,4-5,12H,2-3,6-11H2,(H,18,23)(H,21,22). The molecule has 2 fully saturated rings. The van der Waals surface area contributed by atoms with Crippen molar-refractivity contribution in [2.24, 2.45) is 5.92 Å². The minimum atomic E-state index is -0.845. The number of likely N-dealkylation sites (tertiary alicyclic amines) is 1. The summed E-state index contributed by atoms with van der Waals surface area (Å²) in [5.41, 5.74) is 0.641. The lowest BCUT2D eigenvalue weighted by Gasteiger charge is -2.32. The van der Waals surface area contributed by atoms with Crippen molar-refractivity contribution in [3.63, 3.8) is 0 Å². The number of carboxylic acids is 1. The first-order valence-corrected chi connectivity index (χ1v) is 8.21. The Bertz CT molecular complexity index is 603. The van der Waals surface area contributed by atoms with E-state index in [0.717, 1.165) is 18.9 Å². The van der Waals surface area contributed by atoms with Gasteiger partial charge in [-0.05, 0) is 25.0 Å². The van der Waals surface area contributed by atoms with Crippen LogP contribution >= 0.6 is 0 Å². The molecule has 8 heteroatoms. The van der Waals surface area contributed by atoms with E-state index in [1.807, 2.05) is 6.07 Å². The number of nitrogens with zero attached hydrogens (tertiary/aromatic N) is 3. The zero-order valence-electron chi connectivity index (χ0n) is 13.5. The molecular formula is C16H22N4O4. The first-order chi connectivity index (χ1) is 11.6. The van der Waals surface area contributed by atoms with E-state index in [0.29, 0.717) is 38.3 Å². The Balaban J connectivity index is 1.69. The number of pyridine rings is 1. The zero-order valence-corrected chi connectivity index (χ0v) is 13.5. The number of aromatic nitrogens is 1.